The molecule has 0 aliphatic heterocycles. The summed E-state index contributed by atoms with van der Waals surface area (Å²) in [5, 5.41) is 4.37. The summed E-state index contributed by atoms with van der Waals surface area (Å²) in [4.78, 5) is 12.0. The lowest BCUT2D eigenvalue weighted by Crippen LogP contribution is -2.10. The standard InChI is InChI=1S/C15H20N4O2/c1-3-10(2)19-7-6-12(18-19)9-21-15(20)13-5-4-11(16)8-14(13)17/h4-8,10H,3,9,16-17H2,1-2H3. The molecule has 0 spiro atoms. The predicted molar refractivity (Wildman–Crippen MR) is 81.6 cm³/mol. The zero-order valence-electron chi connectivity index (χ0n) is 12.2. The average molecular weight is 288 g/mol. The molecule has 0 saturated carbocycles. The summed E-state index contributed by atoms with van der Waals surface area (Å²) in [7, 11) is 0. The molecule has 1 heterocycles. The van der Waals surface area contributed by atoms with Crippen LogP contribution in [0, 0.1) is 0 Å². The van der Waals surface area contributed by atoms with Gasteiger partial charge in [-0.3, -0.25) is 4.68 Å². The van der Waals surface area contributed by atoms with Crippen molar-refractivity contribution in [2.75, 3.05) is 11.5 Å². The highest BCUT2D eigenvalue weighted by Gasteiger charge is 2.12. The second-order valence-corrected chi connectivity index (χ2v) is 4.97. The summed E-state index contributed by atoms with van der Waals surface area (Å²) < 4.78 is 7.09. The second-order valence-electron chi connectivity index (χ2n) is 4.97. The maximum Gasteiger partial charge on any atom is 0.340 e. The van der Waals surface area contributed by atoms with E-state index in [1.807, 2.05) is 16.9 Å². The molecule has 112 valence electrons. The number of aromatic nitrogens is 2. The van der Waals surface area contributed by atoms with E-state index in [2.05, 4.69) is 18.9 Å². The molecule has 4 N–H and O–H groups in total. The van der Waals surface area contributed by atoms with Crippen LogP contribution in [0.3, 0.4) is 0 Å². The van der Waals surface area contributed by atoms with E-state index in [1.165, 1.54) is 6.07 Å². The van der Waals surface area contributed by atoms with Crippen LogP contribution >= 0.6 is 0 Å². The second kappa shape index (κ2) is 6.30. The van der Waals surface area contributed by atoms with Crippen molar-refractivity contribution in [1.29, 1.82) is 0 Å². The molecule has 1 aromatic carbocycles. The molecule has 0 saturated heterocycles. The number of nitrogen functional groups attached to an aromatic ring is 2. The molecular formula is C15H20N4O2. The van der Waals surface area contributed by atoms with E-state index in [1.54, 1.807) is 12.1 Å². The van der Waals surface area contributed by atoms with Gasteiger partial charge in [-0.1, -0.05) is 6.92 Å². The molecule has 1 atom stereocenters. The zero-order valence-corrected chi connectivity index (χ0v) is 12.2. The van der Waals surface area contributed by atoms with Crippen molar-refractivity contribution < 1.29 is 9.53 Å². The molecule has 6 heteroatoms. The normalized spacial score (nSPS) is 12.1. The number of nitrogens with two attached hydrogens (primary N) is 2. The number of esters is 1. The quantitative estimate of drug-likeness (QED) is 0.650. The Bertz CT molecular complexity index is 636. The lowest BCUT2D eigenvalue weighted by molar-refractivity contribution is 0.0468. The molecular weight excluding hydrogens is 268 g/mol. The summed E-state index contributed by atoms with van der Waals surface area (Å²) >= 11 is 0. The van der Waals surface area contributed by atoms with Gasteiger partial charge in [0.05, 0.1) is 11.3 Å². The largest absolute Gasteiger partial charge is 0.455 e. The SMILES string of the molecule is CCC(C)n1ccc(COC(=O)c2ccc(N)cc2N)n1. The third-order valence-corrected chi connectivity index (χ3v) is 3.35. The highest BCUT2D eigenvalue weighted by Crippen LogP contribution is 2.17. The van der Waals surface area contributed by atoms with Gasteiger partial charge in [-0.25, -0.2) is 4.79 Å². The van der Waals surface area contributed by atoms with Crippen molar-refractivity contribution in [3.05, 3.63) is 41.7 Å². The Kier molecular flexibility index (Phi) is 4.47. The smallest absolute Gasteiger partial charge is 0.340 e. The van der Waals surface area contributed by atoms with Crippen molar-refractivity contribution in [1.82, 2.24) is 9.78 Å². The number of ether oxygens (including phenoxy) is 1. The first kappa shape index (κ1) is 14.9. The molecule has 1 unspecified atom stereocenters. The highest BCUT2D eigenvalue weighted by molar-refractivity contribution is 5.95. The van der Waals surface area contributed by atoms with Crippen LogP contribution in [0.15, 0.2) is 30.5 Å². The number of carbonyl (C=O) groups excluding carboxylic acids is 1. The van der Waals surface area contributed by atoms with Gasteiger partial charge in [0.25, 0.3) is 0 Å². The molecule has 1 aromatic heterocycles. The Morgan fingerprint density at radius 3 is 2.81 bits per heavy atom. The average Bonchev–Trinajstić information content (AvgIpc) is 2.92. The fourth-order valence-electron chi connectivity index (χ4n) is 1.87. The minimum Gasteiger partial charge on any atom is -0.455 e. The Labute approximate surface area is 123 Å². The lowest BCUT2D eigenvalue weighted by atomic mass is 10.1. The van der Waals surface area contributed by atoms with E-state index in [0.717, 1.165) is 6.42 Å². The van der Waals surface area contributed by atoms with E-state index in [9.17, 15) is 4.79 Å². The third kappa shape index (κ3) is 3.53. The molecule has 0 fully saturated rings. The van der Waals surface area contributed by atoms with Crippen LogP contribution in [0.4, 0.5) is 11.4 Å². The van der Waals surface area contributed by atoms with E-state index in [0.29, 0.717) is 28.7 Å². The number of rotatable bonds is 5. The van der Waals surface area contributed by atoms with Crippen LogP contribution in [-0.2, 0) is 11.3 Å². The van der Waals surface area contributed by atoms with Crippen molar-refractivity contribution in [3.63, 3.8) is 0 Å². The first-order valence-electron chi connectivity index (χ1n) is 6.87. The van der Waals surface area contributed by atoms with Crippen LogP contribution < -0.4 is 11.5 Å². The van der Waals surface area contributed by atoms with Crippen molar-refractivity contribution in [3.8, 4) is 0 Å². The summed E-state index contributed by atoms with van der Waals surface area (Å²) in [6, 6.07) is 6.87. The lowest BCUT2D eigenvalue weighted by Gasteiger charge is -2.08. The minimum atomic E-state index is -0.481. The molecule has 6 nitrogen and oxygen atoms in total. The molecule has 0 aliphatic carbocycles. The maximum atomic E-state index is 12.0. The first-order valence-corrected chi connectivity index (χ1v) is 6.87. The molecule has 0 amide bonds. The Hall–Kier alpha value is -2.50. The third-order valence-electron chi connectivity index (χ3n) is 3.35. The van der Waals surface area contributed by atoms with Crippen LogP contribution in [-0.4, -0.2) is 15.7 Å². The topological polar surface area (TPSA) is 96.2 Å². The maximum absolute atomic E-state index is 12.0. The van der Waals surface area contributed by atoms with Gasteiger partial charge < -0.3 is 16.2 Å². The summed E-state index contributed by atoms with van der Waals surface area (Å²) in [6.45, 7) is 4.29. The van der Waals surface area contributed by atoms with Crippen molar-refractivity contribution in [2.24, 2.45) is 0 Å². The summed E-state index contributed by atoms with van der Waals surface area (Å²) in [5.41, 5.74) is 13.2. The van der Waals surface area contributed by atoms with Gasteiger partial charge in [0, 0.05) is 23.6 Å². The van der Waals surface area contributed by atoms with Crippen molar-refractivity contribution in [2.45, 2.75) is 32.9 Å². The van der Waals surface area contributed by atoms with Gasteiger partial charge in [-0.15, -0.1) is 0 Å². The van der Waals surface area contributed by atoms with Crippen molar-refractivity contribution >= 4 is 17.3 Å². The number of anilines is 2. The van der Waals surface area contributed by atoms with E-state index >= 15 is 0 Å². The molecule has 2 rings (SSSR count). The monoisotopic (exact) mass is 288 g/mol. The number of carbonyl (C=O) groups is 1. The number of nitrogens with zero attached hydrogens (tertiary/aromatic N) is 2. The first-order chi connectivity index (χ1) is 10.0. The van der Waals surface area contributed by atoms with Gasteiger partial charge in [0.1, 0.15) is 6.61 Å². The Morgan fingerprint density at radius 2 is 2.14 bits per heavy atom. The number of benzene rings is 1. The fraction of sp³-hybridized carbons (Fsp3) is 0.333. The summed E-state index contributed by atoms with van der Waals surface area (Å²) in [5.74, 6) is -0.481. The van der Waals surface area contributed by atoms with E-state index in [-0.39, 0.29) is 6.61 Å². The predicted octanol–water partition coefficient (Wildman–Crippen LogP) is 2.38. The van der Waals surface area contributed by atoms with Crippen LogP contribution in [0.2, 0.25) is 0 Å². The fourth-order valence-corrected chi connectivity index (χ4v) is 1.87. The highest BCUT2D eigenvalue weighted by atomic mass is 16.5. The van der Waals surface area contributed by atoms with E-state index in [4.69, 9.17) is 16.2 Å². The molecule has 0 radical (unpaired) electrons. The van der Waals surface area contributed by atoms with Crippen LogP contribution in [0.5, 0.6) is 0 Å². The molecule has 0 aliphatic rings. The van der Waals surface area contributed by atoms with Gasteiger partial charge >= 0.3 is 5.97 Å². The van der Waals surface area contributed by atoms with Gasteiger partial charge in [-0.05, 0) is 37.6 Å². The van der Waals surface area contributed by atoms with E-state index < -0.39 is 5.97 Å². The molecule has 0 bridgehead atoms. The van der Waals surface area contributed by atoms with Gasteiger partial charge in [0.15, 0.2) is 0 Å². The minimum absolute atomic E-state index is 0.117. The molecule has 2 aromatic rings. The van der Waals surface area contributed by atoms with Crippen LogP contribution in [0.25, 0.3) is 0 Å². The Balaban J connectivity index is 1.99. The van der Waals surface area contributed by atoms with Gasteiger partial charge in [0.2, 0.25) is 0 Å². The van der Waals surface area contributed by atoms with Gasteiger partial charge in [-0.2, -0.15) is 5.10 Å². The zero-order chi connectivity index (χ0) is 15.4. The molecule has 21 heavy (non-hydrogen) atoms. The Morgan fingerprint density at radius 1 is 1.38 bits per heavy atom. The number of hydrogen-bond donors (Lipinski definition) is 2. The number of hydrogen-bond acceptors (Lipinski definition) is 5. The summed E-state index contributed by atoms with van der Waals surface area (Å²) in [6.07, 6.45) is 2.87. The van der Waals surface area contributed by atoms with Crippen LogP contribution in [0.1, 0.15) is 42.4 Å².